The molecule has 0 bridgehead atoms. The number of amides is 3. The quantitative estimate of drug-likeness (QED) is 0.136. The molecule has 206 valence electrons. The Morgan fingerprint density at radius 2 is 1.51 bits per heavy atom. The number of nitrogens with one attached hydrogen (secondary N) is 2. The smallest absolute Gasteiger partial charge is 0.338 e. The van der Waals surface area contributed by atoms with Gasteiger partial charge in [-0.05, 0) is 66.4 Å². The molecule has 9 heteroatoms. The number of esters is 1. The van der Waals surface area contributed by atoms with E-state index in [1.165, 1.54) is 24.3 Å². The van der Waals surface area contributed by atoms with Crippen LogP contribution in [0, 0.1) is 0 Å². The maximum absolute atomic E-state index is 13.2. The largest absolute Gasteiger partial charge is 0.462 e. The Morgan fingerprint density at radius 3 is 2.24 bits per heavy atom. The highest BCUT2D eigenvalue weighted by molar-refractivity contribution is 6.53. The van der Waals surface area contributed by atoms with Crippen molar-refractivity contribution in [3.05, 3.63) is 113 Å². The molecule has 3 amide bonds. The first-order chi connectivity index (χ1) is 19.9. The molecule has 41 heavy (non-hydrogen) atoms. The summed E-state index contributed by atoms with van der Waals surface area (Å²) in [4.78, 5) is 52.0. The van der Waals surface area contributed by atoms with Gasteiger partial charge in [0, 0.05) is 22.3 Å². The molecule has 2 N–H and O–H groups in total. The molecule has 0 saturated carbocycles. The summed E-state index contributed by atoms with van der Waals surface area (Å²) in [6.07, 6.45) is 1.67. The molecule has 0 atom stereocenters. The minimum absolute atomic E-state index is 0.0901. The van der Waals surface area contributed by atoms with Gasteiger partial charge in [-0.1, -0.05) is 61.3 Å². The lowest BCUT2D eigenvalue weighted by atomic mass is 10.1. The van der Waals surface area contributed by atoms with E-state index in [9.17, 15) is 19.2 Å². The zero-order valence-electron chi connectivity index (χ0n) is 22.1. The fourth-order valence-corrected chi connectivity index (χ4v) is 4.58. The maximum atomic E-state index is 13.2. The number of ether oxygens (including phenoxy) is 1. The third-order valence-corrected chi connectivity index (χ3v) is 6.92. The predicted molar refractivity (Wildman–Crippen MR) is 159 cm³/mol. The standard InChI is InChI=1S/C32H26ClN3O5/c1-2-3-19-41-32(40)22-13-17-24(18-14-22)36-30(38)27(33)28(31(36)39)34-23-15-11-21(12-16-23)29(37)35-26-10-6-8-20-7-4-5-9-25(20)26/h4-18,34H,2-3,19H2,1H3,(H,35,37). The van der Waals surface area contributed by atoms with Crippen LogP contribution in [0.25, 0.3) is 10.8 Å². The lowest BCUT2D eigenvalue weighted by molar-refractivity contribution is -0.120. The van der Waals surface area contributed by atoms with Gasteiger partial charge in [0.15, 0.2) is 0 Å². The molecule has 4 aromatic carbocycles. The topological polar surface area (TPSA) is 105 Å². The molecule has 4 aromatic rings. The number of imide groups is 1. The van der Waals surface area contributed by atoms with E-state index in [0.29, 0.717) is 29.1 Å². The molecule has 0 radical (unpaired) electrons. The van der Waals surface area contributed by atoms with E-state index in [1.807, 2.05) is 49.4 Å². The summed E-state index contributed by atoms with van der Waals surface area (Å²) >= 11 is 6.26. The van der Waals surface area contributed by atoms with Crippen LogP contribution < -0.4 is 15.5 Å². The predicted octanol–water partition coefficient (Wildman–Crippen LogP) is 6.48. The van der Waals surface area contributed by atoms with Crippen molar-refractivity contribution in [2.24, 2.45) is 0 Å². The summed E-state index contributed by atoms with van der Waals surface area (Å²) in [5.41, 5.74) is 2.06. The molecule has 0 aliphatic carbocycles. The monoisotopic (exact) mass is 567 g/mol. The van der Waals surface area contributed by atoms with Crippen LogP contribution in [0.1, 0.15) is 40.5 Å². The molecule has 5 rings (SSSR count). The number of hydrogen-bond donors (Lipinski definition) is 2. The van der Waals surface area contributed by atoms with Gasteiger partial charge in [-0.3, -0.25) is 14.4 Å². The summed E-state index contributed by atoms with van der Waals surface area (Å²) < 4.78 is 5.20. The molecular formula is C32H26ClN3O5. The van der Waals surface area contributed by atoms with Crippen molar-refractivity contribution in [2.75, 3.05) is 22.1 Å². The van der Waals surface area contributed by atoms with Crippen molar-refractivity contribution in [2.45, 2.75) is 19.8 Å². The second kappa shape index (κ2) is 12.1. The van der Waals surface area contributed by atoms with E-state index >= 15 is 0 Å². The van der Waals surface area contributed by atoms with E-state index < -0.39 is 17.8 Å². The number of hydrogen-bond acceptors (Lipinski definition) is 6. The summed E-state index contributed by atoms with van der Waals surface area (Å²) in [6.45, 7) is 2.32. The average molecular weight is 568 g/mol. The second-order valence-electron chi connectivity index (χ2n) is 9.35. The van der Waals surface area contributed by atoms with Crippen LogP contribution in [0.2, 0.25) is 0 Å². The Balaban J connectivity index is 1.25. The SMILES string of the molecule is CCCCOC(=O)c1ccc(N2C(=O)C(Cl)=C(Nc3ccc(C(=O)Nc4cccc5ccccc45)cc3)C2=O)cc1. The Morgan fingerprint density at radius 1 is 0.829 bits per heavy atom. The third kappa shape index (κ3) is 5.83. The van der Waals surface area contributed by atoms with Gasteiger partial charge < -0.3 is 15.4 Å². The first-order valence-corrected chi connectivity index (χ1v) is 13.5. The van der Waals surface area contributed by atoms with Crippen LogP contribution in [-0.2, 0) is 14.3 Å². The number of rotatable bonds is 9. The number of fused-ring (bicyclic) bond motifs is 1. The minimum atomic E-state index is -0.691. The van der Waals surface area contributed by atoms with Crippen molar-refractivity contribution in [3.8, 4) is 0 Å². The Bertz CT molecular complexity index is 1670. The Kier molecular flexibility index (Phi) is 8.12. The highest BCUT2D eigenvalue weighted by atomic mass is 35.5. The summed E-state index contributed by atoms with van der Waals surface area (Å²) in [7, 11) is 0. The van der Waals surface area contributed by atoms with Crippen molar-refractivity contribution < 1.29 is 23.9 Å². The number of nitrogens with zero attached hydrogens (tertiary/aromatic N) is 1. The molecule has 1 heterocycles. The summed E-state index contributed by atoms with van der Waals surface area (Å²) in [6, 6.07) is 25.9. The fourth-order valence-electron chi connectivity index (χ4n) is 4.36. The number of unbranched alkanes of at least 4 members (excludes halogenated alkanes) is 1. The molecule has 1 aliphatic rings. The number of carbonyl (C=O) groups excluding carboxylic acids is 4. The van der Waals surface area contributed by atoms with E-state index in [0.717, 1.165) is 28.5 Å². The zero-order valence-corrected chi connectivity index (χ0v) is 22.9. The van der Waals surface area contributed by atoms with Crippen LogP contribution in [0.4, 0.5) is 17.1 Å². The van der Waals surface area contributed by atoms with Crippen molar-refractivity contribution >= 4 is 63.1 Å². The lowest BCUT2D eigenvalue weighted by Crippen LogP contribution is -2.32. The van der Waals surface area contributed by atoms with E-state index in [2.05, 4.69) is 10.6 Å². The van der Waals surface area contributed by atoms with Crippen LogP contribution >= 0.6 is 11.6 Å². The molecule has 0 unspecified atom stereocenters. The number of carbonyl (C=O) groups is 4. The molecule has 1 aliphatic heterocycles. The van der Waals surface area contributed by atoms with Crippen molar-refractivity contribution in [3.63, 3.8) is 0 Å². The Labute approximate surface area is 241 Å². The van der Waals surface area contributed by atoms with Gasteiger partial charge in [0.25, 0.3) is 17.7 Å². The molecule has 0 fully saturated rings. The van der Waals surface area contributed by atoms with Crippen LogP contribution in [-0.4, -0.2) is 30.3 Å². The molecule has 8 nitrogen and oxygen atoms in total. The van der Waals surface area contributed by atoms with Gasteiger partial charge in [0.2, 0.25) is 0 Å². The highest BCUT2D eigenvalue weighted by Gasteiger charge is 2.39. The summed E-state index contributed by atoms with van der Waals surface area (Å²) in [5, 5.41) is 7.51. The van der Waals surface area contributed by atoms with Gasteiger partial charge in [0.05, 0.1) is 17.9 Å². The van der Waals surface area contributed by atoms with Gasteiger partial charge >= 0.3 is 5.97 Å². The normalized spacial score (nSPS) is 13.1. The third-order valence-electron chi connectivity index (χ3n) is 6.57. The van der Waals surface area contributed by atoms with E-state index in [4.69, 9.17) is 16.3 Å². The fraction of sp³-hybridized carbons (Fsp3) is 0.125. The van der Waals surface area contributed by atoms with Gasteiger partial charge in [-0.15, -0.1) is 0 Å². The zero-order chi connectivity index (χ0) is 28.9. The lowest BCUT2D eigenvalue weighted by Gasteiger charge is -2.15. The molecular weight excluding hydrogens is 542 g/mol. The van der Waals surface area contributed by atoms with E-state index in [-0.39, 0.29) is 22.3 Å². The van der Waals surface area contributed by atoms with Crippen molar-refractivity contribution in [1.82, 2.24) is 0 Å². The van der Waals surface area contributed by atoms with Gasteiger partial charge in [-0.25, -0.2) is 9.69 Å². The van der Waals surface area contributed by atoms with E-state index in [1.54, 1.807) is 24.3 Å². The van der Waals surface area contributed by atoms with Gasteiger partial charge in [-0.2, -0.15) is 0 Å². The highest BCUT2D eigenvalue weighted by Crippen LogP contribution is 2.31. The number of anilines is 3. The van der Waals surface area contributed by atoms with Crippen LogP contribution in [0.15, 0.2) is 102 Å². The molecule has 0 spiro atoms. The number of benzene rings is 4. The molecule has 0 saturated heterocycles. The average Bonchev–Trinajstić information content (AvgIpc) is 3.20. The number of halogens is 1. The molecule has 0 aromatic heterocycles. The first-order valence-electron chi connectivity index (χ1n) is 13.1. The second-order valence-corrected chi connectivity index (χ2v) is 9.73. The first kappa shape index (κ1) is 27.6. The van der Waals surface area contributed by atoms with Crippen LogP contribution in [0.3, 0.4) is 0 Å². The van der Waals surface area contributed by atoms with Crippen LogP contribution in [0.5, 0.6) is 0 Å². The summed E-state index contributed by atoms with van der Waals surface area (Å²) in [5.74, 6) is -2.10. The maximum Gasteiger partial charge on any atom is 0.338 e. The van der Waals surface area contributed by atoms with Gasteiger partial charge in [0.1, 0.15) is 10.7 Å². The Hall–Kier alpha value is -4.95. The van der Waals surface area contributed by atoms with Crippen molar-refractivity contribution in [1.29, 1.82) is 0 Å². The minimum Gasteiger partial charge on any atom is -0.462 e.